The highest BCUT2D eigenvalue weighted by molar-refractivity contribution is 5.25. The molecule has 0 aliphatic carbocycles. The van der Waals surface area contributed by atoms with Crippen LogP contribution in [0.15, 0.2) is 12.1 Å². The predicted molar refractivity (Wildman–Crippen MR) is 48.8 cm³/mol. The van der Waals surface area contributed by atoms with Crippen molar-refractivity contribution in [3.05, 3.63) is 35.1 Å². The number of halogens is 9. The van der Waals surface area contributed by atoms with Crippen molar-refractivity contribution in [2.45, 2.75) is 18.4 Å². The molecule has 0 heterocycles. The van der Waals surface area contributed by atoms with E-state index in [1.54, 1.807) is 0 Å². The topological polar surface area (TPSA) is 26.0 Å². The Morgan fingerprint density at radius 2 is 1.15 bits per heavy atom. The third kappa shape index (κ3) is 3.35. The van der Waals surface area contributed by atoms with Crippen LogP contribution < -0.4 is 5.73 Å². The lowest BCUT2D eigenvalue weighted by molar-refractivity contribution is -0.290. The van der Waals surface area contributed by atoms with E-state index < -0.39 is 47.3 Å². The van der Waals surface area contributed by atoms with Gasteiger partial charge in [0.2, 0.25) is 0 Å². The first kappa shape index (κ1) is 16.6. The molecule has 1 aromatic carbocycles. The molecule has 1 aromatic rings. The SMILES string of the molecule is NC(c1c(F)cc(F)cc1F)C(C(F)(F)F)C(F)(F)F. The molecule has 0 aliphatic heterocycles. The standard InChI is InChI=1S/C10H6F9N/c11-3-1-4(12)6(5(13)2-3)7(20)8(9(14,15)16)10(17,18)19/h1-2,7-8H,20H2. The Morgan fingerprint density at radius 3 is 1.45 bits per heavy atom. The maximum Gasteiger partial charge on any atom is 0.402 e. The first-order valence-electron chi connectivity index (χ1n) is 4.89. The van der Waals surface area contributed by atoms with Gasteiger partial charge in [-0.2, -0.15) is 26.3 Å². The maximum atomic E-state index is 13.2. The number of hydrogen-bond donors (Lipinski definition) is 1. The Hall–Kier alpha value is -1.45. The van der Waals surface area contributed by atoms with Crippen molar-refractivity contribution in [2.75, 3.05) is 0 Å². The van der Waals surface area contributed by atoms with Gasteiger partial charge in [-0.25, -0.2) is 13.2 Å². The van der Waals surface area contributed by atoms with E-state index in [2.05, 4.69) is 0 Å². The molecule has 0 spiro atoms. The highest BCUT2D eigenvalue weighted by Crippen LogP contribution is 2.46. The lowest BCUT2D eigenvalue weighted by atomic mass is 9.91. The van der Waals surface area contributed by atoms with Crippen LogP contribution in [0.25, 0.3) is 0 Å². The molecule has 1 nitrogen and oxygen atoms in total. The van der Waals surface area contributed by atoms with Gasteiger partial charge in [0.25, 0.3) is 0 Å². The quantitative estimate of drug-likeness (QED) is 0.825. The van der Waals surface area contributed by atoms with Gasteiger partial charge in [0.1, 0.15) is 17.5 Å². The molecule has 0 bridgehead atoms. The van der Waals surface area contributed by atoms with Gasteiger partial charge in [0.05, 0.1) is 6.04 Å². The van der Waals surface area contributed by atoms with E-state index in [-0.39, 0.29) is 12.1 Å². The predicted octanol–water partition coefficient (Wildman–Crippen LogP) is 3.84. The molecule has 0 saturated heterocycles. The average Bonchev–Trinajstić information content (AvgIpc) is 2.09. The van der Waals surface area contributed by atoms with Gasteiger partial charge >= 0.3 is 12.4 Å². The molecule has 0 amide bonds. The molecule has 10 heteroatoms. The number of benzene rings is 1. The van der Waals surface area contributed by atoms with Crippen LogP contribution >= 0.6 is 0 Å². The number of nitrogens with two attached hydrogens (primary N) is 1. The molecular weight excluding hydrogens is 305 g/mol. The average molecular weight is 311 g/mol. The van der Waals surface area contributed by atoms with Crippen LogP contribution in [-0.2, 0) is 0 Å². The lowest BCUT2D eigenvalue weighted by Gasteiger charge is -2.28. The molecule has 0 aliphatic rings. The van der Waals surface area contributed by atoms with Gasteiger partial charge < -0.3 is 5.73 Å². The van der Waals surface area contributed by atoms with Gasteiger partial charge in [-0.15, -0.1) is 0 Å². The zero-order valence-corrected chi connectivity index (χ0v) is 9.29. The van der Waals surface area contributed by atoms with Gasteiger partial charge in [0.15, 0.2) is 5.92 Å². The Balaban J connectivity index is 3.38. The lowest BCUT2D eigenvalue weighted by Crippen LogP contribution is -2.44. The minimum Gasteiger partial charge on any atom is -0.323 e. The molecule has 20 heavy (non-hydrogen) atoms. The Labute approximate surface area is 106 Å². The summed E-state index contributed by atoms with van der Waals surface area (Å²) in [5.74, 6) is -9.52. The molecule has 0 radical (unpaired) electrons. The summed E-state index contributed by atoms with van der Waals surface area (Å²) in [5.41, 5.74) is 3.05. The molecule has 2 N–H and O–H groups in total. The summed E-state index contributed by atoms with van der Waals surface area (Å²) < 4.78 is 113. The smallest absolute Gasteiger partial charge is 0.323 e. The molecule has 1 rings (SSSR count). The van der Waals surface area contributed by atoms with Crippen LogP contribution in [0.5, 0.6) is 0 Å². The third-order valence-corrected chi connectivity index (χ3v) is 2.44. The fourth-order valence-electron chi connectivity index (χ4n) is 1.63. The summed E-state index contributed by atoms with van der Waals surface area (Å²) in [4.78, 5) is 0. The zero-order chi connectivity index (χ0) is 15.9. The minimum atomic E-state index is -5.87. The van der Waals surface area contributed by atoms with Gasteiger partial charge in [0, 0.05) is 17.7 Å². The Kier molecular flexibility index (Phi) is 4.28. The number of alkyl halides is 6. The molecule has 1 atom stereocenters. The largest absolute Gasteiger partial charge is 0.402 e. The second-order valence-corrected chi connectivity index (χ2v) is 3.87. The molecule has 0 fully saturated rings. The van der Waals surface area contributed by atoms with Crippen molar-refractivity contribution in [1.29, 1.82) is 0 Å². The normalized spacial score (nSPS) is 14.8. The van der Waals surface area contributed by atoms with Crippen LogP contribution in [-0.4, -0.2) is 12.4 Å². The molecule has 0 saturated carbocycles. The zero-order valence-electron chi connectivity index (χ0n) is 9.29. The first-order valence-corrected chi connectivity index (χ1v) is 4.89. The summed E-state index contributed by atoms with van der Waals surface area (Å²) in [5, 5.41) is 0. The molecule has 114 valence electrons. The first-order chi connectivity index (χ1) is 8.85. The van der Waals surface area contributed by atoms with Crippen molar-refractivity contribution < 1.29 is 39.5 Å². The minimum absolute atomic E-state index is 0.0535. The Morgan fingerprint density at radius 1 is 0.800 bits per heavy atom. The van der Waals surface area contributed by atoms with E-state index in [1.165, 1.54) is 0 Å². The van der Waals surface area contributed by atoms with Crippen molar-refractivity contribution in [2.24, 2.45) is 11.7 Å². The van der Waals surface area contributed by atoms with E-state index in [0.717, 1.165) is 0 Å². The van der Waals surface area contributed by atoms with Crippen LogP contribution in [0.1, 0.15) is 11.6 Å². The fourth-order valence-corrected chi connectivity index (χ4v) is 1.63. The highest BCUT2D eigenvalue weighted by Gasteiger charge is 2.60. The van der Waals surface area contributed by atoms with Crippen LogP contribution in [0.4, 0.5) is 39.5 Å². The van der Waals surface area contributed by atoms with Gasteiger partial charge in [-0.3, -0.25) is 0 Å². The second-order valence-electron chi connectivity index (χ2n) is 3.87. The fraction of sp³-hybridized carbons (Fsp3) is 0.400. The van der Waals surface area contributed by atoms with Gasteiger partial charge in [-0.05, 0) is 0 Å². The van der Waals surface area contributed by atoms with E-state index in [0.29, 0.717) is 0 Å². The van der Waals surface area contributed by atoms with Crippen LogP contribution in [0.3, 0.4) is 0 Å². The van der Waals surface area contributed by atoms with E-state index in [1.807, 2.05) is 0 Å². The van der Waals surface area contributed by atoms with Gasteiger partial charge in [-0.1, -0.05) is 0 Å². The summed E-state index contributed by atoms with van der Waals surface area (Å²) in [6, 6.07) is -3.19. The number of rotatable bonds is 2. The molecule has 1 unspecified atom stereocenters. The van der Waals surface area contributed by atoms with Crippen LogP contribution in [0, 0.1) is 23.4 Å². The van der Waals surface area contributed by atoms with Crippen molar-refractivity contribution >= 4 is 0 Å². The molecular formula is C10H6F9N. The van der Waals surface area contributed by atoms with Crippen LogP contribution in [0.2, 0.25) is 0 Å². The summed E-state index contributed by atoms with van der Waals surface area (Å²) in [6.45, 7) is 0. The number of hydrogen-bond acceptors (Lipinski definition) is 1. The summed E-state index contributed by atoms with van der Waals surface area (Å²) in [6.07, 6.45) is -11.7. The highest BCUT2D eigenvalue weighted by atomic mass is 19.4. The third-order valence-electron chi connectivity index (χ3n) is 2.44. The van der Waals surface area contributed by atoms with Crippen molar-refractivity contribution in [3.8, 4) is 0 Å². The molecule has 0 aromatic heterocycles. The van der Waals surface area contributed by atoms with E-state index >= 15 is 0 Å². The maximum absolute atomic E-state index is 13.2. The monoisotopic (exact) mass is 311 g/mol. The van der Waals surface area contributed by atoms with E-state index in [9.17, 15) is 39.5 Å². The summed E-state index contributed by atoms with van der Waals surface area (Å²) >= 11 is 0. The second kappa shape index (κ2) is 5.15. The van der Waals surface area contributed by atoms with Crippen molar-refractivity contribution in [3.63, 3.8) is 0 Å². The van der Waals surface area contributed by atoms with E-state index in [4.69, 9.17) is 5.73 Å². The summed E-state index contributed by atoms with van der Waals surface area (Å²) in [7, 11) is 0. The van der Waals surface area contributed by atoms with Crippen molar-refractivity contribution in [1.82, 2.24) is 0 Å². The Bertz CT molecular complexity index is 453.